The Morgan fingerprint density at radius 3 is 2.63 bits per heavy atom. The van der Waals surface area contributed by atoms with Gasteiger partial charge in [-0.25, -0.2) is 0 Å². The van der Waals surface area contributed by atoms with Crippen LogP contribution in [-0.4, -0.2) is 58.1 Å². The number of β-amino-alcohol motifs (C(OH)–C–C–N with tert-alkyl or cyclic N) is 1. The SMILES string of the molecule is CCN[C@H](C(=O)N1C[C@H](O)C[C@H]1C(=O)NCc1ccc(-c2cncs2)cc1)C(C)C. The summed E-state index contributed by atoms with van der Waals surface area (Å²) in [5.41, 5.74) is 3.86. The van der Waals surface area contributed by atoms with E-state index in [1.807, 2.05) is 51.2 Å². The van der Waals surface area contributed by atoms with Crippen molar-refractivity contribution < 1.29 is 14.7 Å². The molecule has 8 heteroatoms. The minimum absolute atomic E-state index is 0.0935. The van der Waals surface area contributed by atoms with Crippen molar-refractivity contribution in [3.63, 3.8) is 0 Å². The maximum atomic E-state index is 13.0. The normalized spacial score (nSPS) is 19.8. The van der Waals surface area contributed by atoms with Crippen LogP contribution in [0, 0.1) is 5.92 Å². The first kappa shape index (κ1) is 22.4. The van der Waals surface area contributed by atoms with Gasteiger partial charge in [0.2, 0.25) is 11.8 Å². The minimum Gasteiger partial charge on any atom is -0.391 e. The summed E-state index contributed by atoms with van der Waals surface area (Å²) in [6, 6.07) is 6.95. The van der Waals surface area contributed by atoms with Crippen molar-refractivity contribution in [2.45, 2.75) is 51.9 Å². The van der Waals surface area contributed by atoms with E-state index in [0.29, 0.717) is 13.1 Å². The lowest BCUT2D eigenvalue weighted by atomic mass is 10.0. The van der Waals surface area contributed by atoms with Crippen molar-refractivity contribution in [1.82, 2.24) is 20.5 Å². The molecule has 1 fully saturated rings. The Labute approximate surface area is 181 Å². The zero-order valence-corrected chi connectivity index (χ0v) is 18.5. The number of thiazole rings is 1. The molecule has 1 aromatic heterocycles. The molecule has 0 unspecified atom stereocenters. The van der Waals surface area contributed by atoms with Crippen LogP contribution in [0.25, 0.3) is 10.4 Å². The molecule has 0 spiro atoms. The van der Waals surface area contributed by atoms with Gasteiger partial charge in [-0.05, 0) is 23.6 Å². The summed E-state index contributed by atoms with van der Waals surface area (Å²) in [4.78, 5) is 32.6. The Bertz CT molecular complexity index is 839. The monoisotopic (exact) mass is 430 g/mol. The third kappa shape index (κ3) is 5.24. The average molecular weight is 431 g/mol. The van der Waals surface area contributed by atoms with Crippen molar-refractivity contribution in [3.05, 3.63) is 41.5 Å². The number of hydrogen-bond donors (Lipinski definition) is 3. The van der Waals surface area contributed by atoms with Crippen LogP contribution in [0.1, 0.15) is 32.8 Å². The van der Waals surface area contributed by atoms with Crippen LogP contribution < -0.4 is 10.6 Å². The predicted molar refractivity (Wildman–Crippen MR) is 118 cm³/mol. The Morgan fingerprint density at radius 1 is 1.30 bits per heavy atom. The zero-order chi connectivity index (χ0) is 21.7. The van der Waals surface area contributed by atoms with Crippen molar-refractivity contribution in [1.29, 1.82) is 0 Å². The van der Waals surface area contributed by atoms with E-state index < -0.39 is 12.1 Å². The smallest absolute Gasteiger partial charge is 0.243 e. The number of aliphatic hydroxyl groups excluding tert-OH is 1. The van der Waals surface area contributed by atoms with Crippen molar-refractivity contribution in [3.8, 4) is 10.4 Å². The largest absolute Gasteiger partial charge is 0.391 e. The molecule has 2 aromatic rings. The summed E-state index contributed by atoms with van der Waals surface area (Å²) in [6.45, 7) is 7.13. The van der Waals surface area contributed by atoms with Gasteiger partial charge in [0.05, 0.1) is 22.5 Å². The maximum absolute atomic E-state index is 13.0. The van der Waals surface area contributed by atoms with Gasteiger partial charge in [-0.15, -0.1) is 11.3 Å². The number of benzene rings is 1. The summed E-state index contributed by atoms with van der Waals surface area (Å²) >= 11 is 1.58. The molecule has 7 nitrogen and oxygen atoms in total. The second-order valence-electron chi connectivity index (χ2n) is 7.96. The van der Waals surface area contributed by atoms with E-state index in [9.17, 15) is 14.7 Å². The molecule has 1 aliphatic rings. The lowest BCUT2D eigenvalue weighted by Crippen LogP contribution is -2.54. The van der Waals surface area contributed by atoms with Gasteiger partial charge in [0, 0.05) is 25.7 Å². The number of likely N-dealkylation sites (tertiary alicyclic amines) is 1. The van der Waals surface area contributed by atoms with Crippen LogP contribution >= 0.6 is 11.3 Å². The first-order chi connectivity index (χ1) is 14.4. The molecule has 0 saturated carbocycles. The fourth-order valence-corrected chi connectivity index (χ4v) is 4.39. The molecule has 2 amide bonds. The van der Waals surface area contributed by atoms with E-state index in [0.717, 1.165) is 16.0 Å². The van der Waals surface area contributed by atoms with Gasteiger partial charge in [-0.3, -0.25) is 14.6 Å². The lowest BCUT2D eigenvalue weighted by molar-refractivity contribution is -0.141. The molecule has 30 heavy (non-hydrogen) atoms. The van der Waals surface area contributed by atoms with E-state index in [4.69, 9.17) is 0 Å². The molecular weight excluding hydrogens is 400 g/mol. The number of nitrogens with zero attached hydrogens (tertiary/aromatic N) is 2. The molecule has 3 N–H and O–H groups in total. The number of hydrogen-bond acceptors (Lipinski definition) is 6. The Hall–Kier alpha value is -2.29. The number of carbonyl (C=O) groups is 2. The molecule has 1 aliphatic heterocycles. The van der Waals surface area contributed by atoms with Crippen molar-refractivity contribution >= 4 is 23.2 Å². The number of likely N-dealkylation sites (N-methyl/N-ethyl adjacent to an activating group) is 1. The fourth-order valence-electron chi connectivity index (χ4n) is 3.76. The number of aromatic nitrogens is 1. The molecule has 0 bridgehead atoms. The van der Waals surface area contributed by atoms with Crippen LogP contribution in [0.5, 0.6) is 0 Å². The lowest BCUT2D eigenvalue weighted by Gasteiger charge is -2.30. The quantitative estimate of drug-likeness (QED) is 0.596. The Morgan fingerprint density at radius 2 is 2.03 bits per heavy atom. The zero-order valence-electron chi connectivity index (χ0n) is 17.7. The highest BCUT2D eigenvalue weighted by atomic mass is 32.1. The number of nitrogens with one attached hydrogen (secondary N) is 2. The topological polar surface area (TPSA) is 94.6 Å². The van der Waals surface area contributed by atoms with Crippen LogP contribution in [0.15, 0.2) is 36.0 Å². The van der Waals surface area contributed by atoms with Crippen molar-refractivity contribution in [2.24, 2.45) is 5.92 Å². The Kier molecular flexibility index (Phi) is 7.58. The molecule has 162 valence electrons. The first-order valence-corrected chi connectivity index (χ1v) is 11.3. The molecule has 3 rings (SSSR count). The van der Waals surface area contributed by atoms with E-state index in [1.54, 1.807) is 16.8 Å². The average Bonchev–Trinajstić information content (AvgIpc) is 3.40. The molecule has 1 saturated heterocycles. The number of rotatable bonds is 8. The van der Waals surface area contributed by atoms with E-state index in [2.05, 4.69) is 15.6 Å². The number of amides is 2. The molecule has 0 aliphatic carbocycles. The fraction of sp³-hybridized carbons (Fsp3) is 0.500. The summed E-state index contributed by atoms with van der Waals surface area (Å²) in [6.07, 6.45) is 1.41. The van der Waals surface area contributed by atoms with Crippen LogP contribution in [-0.2, 0) is 16.1 Å². The van der Waals surface area contributed by atoms with E-state index in [-0.39, 0.29) is 36.7 Å². The summed E-state index contributed by atoms with van der Waals surface area (Å²) in [5, 5.41) is 16.3. The van der Waals surface area contributed by atoms with Gasteiger partial charge in [0.15, 0.2) is 0 Å². The van der Waals surface area contributed by atoms with Crippen LogP contribution in [0.4, 0.5) is 0 Å². The first-order valence-electron chi connectivity index (χ1n) is 10.4. The summed E-state index contributed by atoms with van der Waals surface area (Å²) in [7, 11) is 0. The standard InChI is InChI=1S/C22H30N4O3S/c1-4-24-20(14(2)3)22(29)26-12-17(27)9-18(26)21(28)25-10-15-5-7-16(8-6-15)19-11-23-13-30-19/h5-8,11,13-14,17-18,20,24,27H,4,9-10,12H2,1-3H3,(H,25,28)/t17-,18+,20+/m1/s1. The molecule has 3 atom stereocenters. The summed E-state index contributed by atoms with van der Waals surface area (Å²) < 4.78 is 0. The molecule has 0 radical (unpaired) electrons. The maximum Gasteiger partial charge on any atom is 0.243 e. The Balaban J connectivity index is 1.62. The molecule has 1 aromatic carbocycles. The second kappa shape index (κ2) is 10.1. The van der Waals surface area contributed by atoms with Gasteiger partial charge in [-0.2, -0.15) is 0 Å². The highest BCUT2D eigenvalue weighted by Gasteiger charge is 2.41. The molecular formula is C22H30N4O3S. The van der Waals surface area contributed by atoms with Gasteiger partial charge in [0.1, 0.15) is 6.04 Å². The predicted octanol–water partition coefficient (Wildman–Crippen LogP) is 2.02. The van der Waals surface area contributed by atoms with Gasteiger partial charge in [0.25, 0.3) is 0 Å². The van der Waals surface area contributed by atoms with Crippen LogP contribution in [0.3, 0.4) is 0 Å². The summed E-state index contributed by atoms with van der Waals surface area (Å²) in [5.74, 6) is -0.265. The van der Waals surface area contributed by atoms with Gasteiger partial charge in [-0.1, -0.05) is 45.0 Å². The number of aliphatic hydroxyl groups is 1. The van der Waals surface area contributed by atoms with E-state index >= 15 is 0 Å². The minimum atomic E-state index is -0.683. The van der Waals surface area contributed by atoms with Crippen LogP contribution in [0.2, 0.25) is 0 Å². The third-order valence-corrected chi connectivity index (χ3v) is 6.18. The second-order valence-corrected chi connectivity index (χ2v) is 8.84. The molecule has 2 heterocycles. The third-order valence-electron chi connectivity index (χ3n) is 5.36. The van der Waals surface area contributed by atoms with Gasteiger partial charge >= 0.3 is 0 Å². The van der Waals surface area contributed by atoms with E-state index in [1.165, 1.54) is 4.90 Å². The highest BCUT2D eigenvalue weighted by molar-refractivity contribution is 7.13. The van der Waals surface area contributed by atoms with Gasteiger partial charge < -0.3 is 20.6 Å². The van der Waals surface area contributed by atoms with Crippen molar-refractivity contribution in [2.75, 3.05) is 13.1 Å². The number of carbonyl (C=O) groups excluding carboxylic acids is 2. The highest BCUT2D eigenvalue weighted by Crippen LogP contribution is 2.24.